The molecule has 126 valence electrons. The van der Waals surface area contributed by atoms with Crippen molar-refractivity contribution in [2.24, 2.45) is 0 Å². The summed E-state index contributed by atoms with van der Waals surface area (Å²) >= 11 is 9.65. The Labute approximate surface area is 155 Å². The monoisotopic (exact) mass is 408 g/mol. The van der Waals surface area contributed by atoms with Crippen LogP contribution in [0.5, 0.6) is 5.88 Å². The molecule has 0 unspecified atom stereocenters. The van der Waals surface area contributed by atoms with E-state index in [0.717, 1.165) is 35.2 Å². The number of pyridine rings is 1. The molecule has 0 N–H and O–H groups in total. The summed E-state index contributed by atoms with van der Waals surface area (Å²) in [6.07, 6.45) is 6.33. The molecule has 1 fully saturated rings. The molecule has 1 aliphatic rings. The van der Waals surface area contributed by atoms with Gasteiger partial charge in [0.15, 0.2) is 0 Å². The van der Waals surface area contributed by atoms with Crippen molar-refractivity contribution in [2.45, 2.75) is 12.5 Å². The minimum Gasteiger partial charge on any atom is -0.504 e. The highest BCUT2D eigenvalue weighted by Gasteiger charge is 2.26. The van der Waals surface area contributed by atoms with E-state index < -0.39 is 0 Å². The van der Waals surface area contributed by atoms with Gasteiger partial charge in [0.2, 0.25) is 5.88 Å². The second kappa shape index (κ2) is 7.90. The normalized spacial score (nSPS) is 17.5. The number of rotatable bonds is 5. The van der Waals surface area contributed by atoms with E-state index in [-0.39, 0.29) is 6.10 Å². The van der Waals surface area contributed by atoms with Crippen LogP contribution in [-0.2, 0) is 4.74 Å². The fraction of sp³-hybridized carbons (Fsp3) is 0.278. The molecule has 1 saturated heterocycles. The largest absolute Gasteiger partial charge is 0.504 e. The molecule has 4 nitrogen and oxygen atoms in total. The molecule has 1 aromatic heterocycles. The van der Waals surface area contributed by atoms with Crippen molar-refractivity contribution in [1.82, 2.24) is 4.98 Å². The molecule has 0 radical (unpaired) electrons. The lowest BCUT2D eigenvalue weighted by molar-refractivity contribution is 0.216. The number of hydrogen-bond donors (Lipinski definition) is 0. The zero-order chi connectivity index (χ0) is 16.9. The summed E-state index contributed by atoms with van der Waals surface area (Å²) in [4.78, 5) is 6.51. The van der Waals surface area contributed by atoms with Crippen molar-refractivity contribution < 1.29 is 9.47 Å². The van der Waals surface area contributed by atoms with Gasteiger partial charge in [-0.25, -0.2) is 4.98 Å². The minimum atomic E-state index is 0.0697. The average molecular weight is 410 g/mol. The summed E-state index contributed by atoms with van der Waals surface area (Å²) in [6.45, 7) is 1.72. The van der Waals surface area contributed by atoms with Crippen LogP contribution in [-0.4, -0.2) is 31.3 Å². The third-order valence-electron chi connectivity index (χ3n) is 3.86. The Morgan fingerprint density at radius 3 is 3.04 bits per heavy atom. The Kier molecular flexibility index (Phi) is 5.63. The Bertz CT molecular complexity index is 739. The molecule has 0 bridgehead atoms. The molecule has 0 amide bonds. The SMILES string of the molecule is CO/C=C/c1cc(Br)ccc1N1CC[C@H](Oc2ncccc2Cl)C1. The molecule has 0 saturated carbocycles. The van der Waals surface area contributed by atoms with Crippen LogP contribution in [0.4, 0.5) is 5.69 Å². The first-order valence-electron chi connectivity index (χ1n) is 7.68. The summed E-state index contributed by atoms with van der Waals surface area (Å²) in [7, 11) is 1.64. The van der Waals surface area contributed by atoms with Gasteiger partial charge in [0.25, 0.3) is 0 Å². The molecule has 2 heterocycles. The molecular weight excluding hydrogens is 392 g/mol. The Morgan fingerprint density at radius 1 is 1.38 bits per heavy atom. The van der Waals surface area contributed by atoms with Crippen molar-refractivity contribution in [3.8, 4) is 5.88 Å². The Hall–Kier alpha value is -1.72. The highest BCUT2D eigenvalue weighted by atomic mass is 79.9. The summed E-state index contributed by atoms with van der Waals surface area (Å²) in [6, 6.07) is 9.82. The van der Waals surface area contributed by atoms with Gasteiger partial charge >= 0.3 is 0 Å². The van der Waals surface area contributed by atoms with E-state index in [1.165, 1.54) is 0 Å². The van der Waals surface area contributed by atoms with Crippen LogP contribution in [0.3, 0.4) is 0 Å². The molecule has 1 aliphatic heterocycles. The predicted octanol–water partition coefficient (Wildman–Crippen LogP) is 4.77. The van der Waals surface area contributed by atoms with Gasteiger partial charge in [-0.1, -0.05) is 27.5 Å². The number of halogens is 2. The lowest BCUT2D eigenvalue weighted by atomic mass is 10.1. The lowest BCUT2D eigenvalue weighted by Gasteiger charge is -2.21. The Morgan fingerprint density at radius 2 is 2.25 bits per heavy atom. The number of aromatic nitrogens is 1. The van der Waals surface area contributed by atoms with Crippen LogP contribution in [0.1, 0.15) is 12.0 Å². The van der Waals surface area contributed by atoms with Crippen LogP contribution >= 0.6 is 27.5 Å². The van der Waals surface area contributed by atoms with Crippen molar-refractivity contribution in [2.75, 3.05) is 25.1 Å². The van der Waals surface area contributed by atoms with Crippen LogP contribution < -0.4 is 9.64 Å². The van der Waals surface area contributed by atoms with E-state index in [2.05, 4.69) is 37.9 Å². The van der Waals surface area contributed by atoms with Gasteiger partial charge in [0.05, 0.1) is 19.9 Å². The molecule has 1 atom stereocenters. The number of benzene rings is 1. The number of hydrogen-bond acceptors (Lipinski definition) is 4. The predicted molar refractivity (Wildman–Crippen MR) is 101 cm³/mol. The zero-order valence-corrected chi connectivity index (χ0v) is 15.6. The van der Waals surface area contributed by atoms with Crippen LogP contribution in [0.15, 0.2) is 47.3 Å². The van der Waals surface area contributed by atoms with Gasteiger partial charge in [-0.2, -0.15) is 0 Å². The van der Waals surface area contributed by atoms with E-state index in [0.29, 0.717) is 10.9 Å². The first kappa shape index (κ1) is 17.1. The minimum absolute atomic E-state index is 0.0697. The van der Waals surface area contributed by atoms with E-state index in [9.17, 15) is 0 Å². The third kappa shape index (κ3) is 4.02. The number of nitrogens with zero attached hydrogens (tertiary/aromatic N) is 2. The smallest absolute Gasteiger partial charge is 0.232 e. The average Bonchev–Trinajstić information content (AvgIpc) is 3.03. The summed E-state index contributed by atoms with van der Waals surface area (Å²) < 4.78 is 12.1. The van der Waals surface area contributed by atoms with Gasteiger partial charge in [0.1, 0.15) is 11.1 Å². The molecule has 0 aliphatic carbocycles. The first-order chi connectivity index (χ1) is 11.7. The Balaban J connectivity index is 1.74. The first-order valence-corrected chi connectivity index (χ1v) is 8.85. The maximum atomic E-state index is 6.13. The fourth-order valence-electron chi connectivity index (χ4n) is 2.75. The van der Waals surface area contributed by atoms with Gasteiger partial charge in [0, 0.05) is 34.9 Å². The lowest BCUT2D eigenvalue weighted by Crippen LogP contribution is -2.25. The topological polar surface area (TPSA) is 34.6 Å². The van der Waals surface area contributed by atoms with Gasteiger partial charge in [-0.15, -0.1) is 0 Å². The summed E-state index contributed by atoms with van der Waals surface area (Å²) in [5, 5.41) is 0.545. The van der Waals surface area contributed by atoms with E-state index in [1.54, 1.807) is 31.7 Å². The van der Waals surface area contributed by atoms with Crippen LogP contribution in [0.25, 0.3) is 6.08 Å². The van der Waals surface area contributed by atoms with Crippen molar-refractivity contribution >= 4 is 39.3 Å². The molecule has 1 aromatic carbocycles. The third-order valence-corrected chi connectivity index (χ3v) is 4.64. The quantitative estimate of drug-likeness (QED) is 0.666. The summed E-state index contributed by atoms with van der Waals surface area (Å²) in [5.74, 6) is 0.501. The maximum Gasteiger partial charge on any atom is 0.232 e. The summed E-state index contributed by atoms with van der Waals surface area (Å²) in [5.41, 5.74) is 2.26. The van der Waals surface area contributed by atoms with Crippen LogP contribution in [0, 0.1) is 0 Å². The standard InChI is InChI=1S/C18H18BrClN2O2/c1-23-10-7-13-11-14(19)4-5-17(13)22-9-6-15(12-22)24-18-16(20)3-2-8-21-18/h2-5,7-8,10-11,15H,6,9,12H2,1H3/b10-7+/t15-/m0/s1. The van der Waals surface area contributed by atoms with E-state index >= 15 is 0 Å². The number of methoxy groups -OCH3 is 1. The highest BCUT2D eigenvalue weighted by Crippen LogP contribution is 2.30. The molecule has 24 heavy (non-hydrogen) atoms. The van der Waals surface area contributed by atoms with E-state index in [1.807, 2.05) is 12.1 Å². The number of anilines is 1. The van der Waals surface area contributed by atoms with E-state index in [4.69, 9.17) is 21.1 Å². The molecule has 3 rings (SSSR count). The molecule has 0 spiro atoms. The zero-order valence-electron chi connectivity index (χ0n) is 13.3. The molecule has 2 aromatic rings. The van der Waals surface area contributed by atoms with Gasteiger partial charge < -0.3 is 14.4 Å². The van der Waals surface area contributed by atoms with Crippen molar-refractivity contribution in [3.63, 3.8) is 0 Å². The number of ether oxygens (including phenoxy) is 2. The maximum absolute atomic E-state index is 6.13. The fourth-order valence-corrected chi connectivity index (χ4v) is 3.29. The van der Waals surface area contributed by atoms with Gasteiger partial charge in [-0.3, -0.25) is 0 Å². The second-order valence-corrected chi connectivity index (χ2v) is 6.83. The van der Waals surface area contributed by atoms with Gasteiger partial charge in [-0.05, 0) is 36.4 Å². The van der Waals surface area contributed by atoms with Crippen molar-refractivity contribution in [3.05, 3.63) is 57.8 Å². The van der Waals surface area contributed by atoms with Crippen LogP contribution in [0.2, 0.25) is 5.02 Å². The highest BCUT2D eigenvalue weighted by molar-refractivity contribution is 9.10. The molecular formula is C18H18BrClN2O2. The second-order valence-electron chi connectivity index (χ2n) is 5.51. The molecule has 6 heteroatoms. The van der Waals surface area contributed by atoms with Crippen molar-refractivity contribution in [1.29, 1.82) is 0 Å².